The monoisotopic (exact) mass is 456 g/mol. The van der Waals surface area contributed by atoms with Crippen molar-refractivity contribution >= 4 is 33.1 Å². The second-order valence-corrected chi connectivity index (χ2v) is 11.0. The van der Waals surface area contributed by atoms with E-state index >= 15 is 0 Å². The summed E-state index contributed by atoms with van der Waals surface area (Å²) >= 11 is 4.97. The summed E-state index contributed by atoms with van der Waals surface area (Å²) in [6.45, 7) is 3.36. The lowest BCUT2D eigenvalue weighted by atomic mass is 10.0. The maximum atomic E-state index is 14.0. The zero-order valence-corrected chi connectivity index (χ0v) is 18.9. The highest BCUT2D eigenvalue weighted by atomic mass is 32.2. The molecular weight excluding hydrogens is 427 g/mol. The molecule has 1 saturated heterocycles. The molecule has 1 heterocycles. The molecule has 2 amide bonds. The minimum Gasteiger partial charge on any atom is -0.490 e. The molecule has 0 bridgehead atoms. The Balaban J connectivity index is 1.42. The van der Waals surface area contributed by atoms with E-state index < -0.39 is 15.7 Å². The lowest BCUT2D eigenvalue weighted by molar-refractivity contribution is 0.216. The van der Waals surface area contributed by atoms with E-state index in [-0.39, 0.29) is 29.2 Å². The van der Waals surface area contributed by atoms with Crippen molar-refractivity contribution in [3.63, 3.8) is 0 Å². The first-order chi connectivity index (χ1) is 14.2. The van der Waals surface area contributed by atoms with E-state index in [1.165, 1.54) is 6.07 Å². The second-order valence-electron chi connectivity index (χ2n) is 8.30. The molecule has 1 saturated carbocycles. The Kier molecular flexibility index (Phi) is 7.68. The van der Waals surface area contributed by atoms with E-state index in [4.69, 9.17) is 17.0 Å². The average molecular weight is 457 g/mol. The summed E-state index contributed by atoms with van der Waals surface area (Å²) < 4.78 is 44.5. The largest absolute Gasteiger partial charge is 0.490 e. The number of urea groups is 1. The summed E-state index contributed by atoms with van der Waals surface area (Å²) in [4.78, 5) is 13.7. The van der Waals surface area contributed by atoms with Crippen molar-refractivity contribution in [2.45, 2.75) is 44.9 Å². The van der Waals surface area contributed by atoms with Crippen LogP contribution in [0.15, 0.2) is 18.2 Å². The maximum Gasteiger partial charge on any atom is 0.322 e. The van der Waals surface area contributed by atoms with Gasteiger partial charge >= 0.3 is 6.03 Å². The van der Waals surface area contributed by atoms with Gasteiger partial charge in [0.1, 0.15) is 4.99 Å². The van der Waals surface area contributed by atoms with Crippen LogP contribution in [0.2, 0.25) is 0 Å². The van der Waals surface area contributed by atoms with E-state index in [9.17, 15) is 17.6 Å². The number of hydrogen-bond acceptors (Lipinski definition) is 5. The Morgan fingerprint density at radius 1 is 1.30 bits per heavy atom. The first-order valence-corrected chi connectivity index (χ1v) is 12.7. The molecule has 6 nitrogen and oxygen atoms in total. The number of sulfone groups is 1. The summed E-state index contributed by atoms with van der Waals surface area (Å²) in [6, 6.07) is 4.43. The van der Waals surface area contributed by atoms with E-state index in [2.05, 4.69) is 5.32 Å². The zero-order chi connectivity index (χ0) is 21.7. The van der Waals surface area contributed by atoms with Crippen LogP contribution in [0.25, 0.3) is 0 Å². The van der Waals surface area contributed by atoms with Gasteiger partial charge < -0.3 is 15.0 Å². The number of nitrogens with one attached hydrogen (secondary N) is 1. The van der Waals surface area contributed by atoms with Crippen LogP contribution in [0.3, 0.4) is 0 Å². The van der Waals surface area contributed by atoms with E-state index in [0.29, 0.717) is 37.0 Å². The summed E-state index contributed by atoms with van der Waals surface area (Å²) in [5.41, 5.74) is 0.766. The molecule has 0 aromatic heterocycles. The first kappa shape index (κ1) is 22.9. The van der Waals surface area contributed by atoms with Gasteiger partial charge in [0.05, 0.1) is 24.7 Å². The summed E-state index contributed by atoms with van der Waals surface area (Å²) in [5, 5.41) is 2.58. The minimum atomic E-state index is -3.23. The minimum absolute atomic E-state index is 0.0174. The molecule has 3 rings (SSSR count). The third-order valence-electron chi connectivity index (χ3n) is 5.45. The van der Waals surface area contributed by atoms with Crippen molar-refractivity contribution < 1.29 is 22.3 Å². The highest BCUT2D eigenvalue weighted by Crippen LogP contribution is 2.31. The highest BCUT2D eigenvalue weighted by Gasteiger charge is 2.24. The Morgan fingerprint density at radius 3 is 2.73 bits per heavy atom. The fraction of sp³-hybridized carbons (Fsp3) is 0.619. The zero-order valence-electron chi connectivity index (χ0n) is 17.2. The van der Waals surface area contributed by atoms with E-state index in [1.807, 2.05) is 6.92 Å². The second kappa shape index (κ2) is 10.0. The number of rotatable bonds is 12. The predicted octanol–water partition coefficient (Wildman–Crippen LogP) is 3.66. The molecule has 1 aliphatic heterocycles. The number of halogens is 1. The topological polar surface area (TPSA) is 75.7 Å². The van der Waals surface area contributed by atoms with Gasteiger partial charge in [-0.2, -0.15) is 0 Å². The number of benzene rings is 1. The quantitative estimate of drug-likeness (QED) is 0.384. The van der Waals surface area contributed by atoms with Crippen LogP contribution in [0.1, 0.15) is 50.5 Å². The van der Waals surface area contributed by atoms with Gasteiger partial charge in [-0.3, -0.25) is 0 Å². The number of ether oxygens (including phenoxy) is 1. The summed E-state index contributed by atoms with van der Waals surface area (Å²) in [6.07, 6.45) is 4.25. The number of carbonyl (C=O) groups is 1. The number of amides is 2. The fourth-order valence-electron chi connectivity index (χ4n) is 3.45. The average Bonchev–Trinajstić information content (AvgIpc) is 3.44. The van der Waals surface area contributed by atoms with Crippen molar-refractivity contribution in [3.05, 3.63) is 29.6 Å². The van der Waals surface area contributed by atoms with Gasteiger partial charge in [-0.05, 0) is 55.2 Å². The standard InChI is InChI=1S/C21H29FN2O4S2/c1-15(17-7-8-18(22)19(11-17)28-13-16-5-6-16)14-30(26,27)10-4-2-3-9-24-12-20(29)23-21(24)25/h7-8,11,15-16H,2-6,9-10,12-14H2,1H3,(H,23,25,29)/t15-/m0/s1. The molecule has 9 heteroatoms. The van der Waals surface area contributed by atoms with Crippen molar-refractivity contribution in [3.8, 4) is 5.75 Å². The number of unbranched alkanes of at least 4 members (excludes halogenated alkanes) is 2. The summed E-state index contributed by atoms with van der Waals surface area (Å²) in [5.74, 6) is 0.184. The van der Waals surface area contributed by atoms with Gasteiger partial charge in [0.25, 0.3) is 0 Å². The molecule has 1 atom stereocenters. The molecule has 0 radical (unpaired) electrons. The highest BCUT2D eigenvalue weighted by molar-refractivity contribution is 7.91. The molecule has 0 spiro atoms. The molecule has 1 aromatic carbocycles. The normalized spacial score (nSPS) is 17.9. The Bertz CT molecular complexity index is 887. The van der Waals surface area contributed by atoms with Gasteiger partial charge in [0, 0.05) is 6.54 Å². The lowest BCUT2D eigenvalue weighted by Crippen LogP contribution is -2.29. The van der Waals surface area contributed by atoms with Crippen molar-refractivity contribution in [1.29, 1.82) is 0 Å². The van der Waals surface area contributed by atoms with Gasteiger partial charge in [0.15, 0.2) is 21.4 Å². The van der Waals surface area contributed by atoms with Gasteiger partial charge in [-0.25, -0.2) is 17.6 Å². The molecule has 1 N–H and O–H groups in total. The first-order valence-electron chi connectivity index (χ1n) is 10.4. The van der Waals surface area contributed by atoms with Crippen molar-refractivity contribution in [1.82, 2.24) is 10.2 Å². The molecular formula is C21H29FN2O4S2. The van der Waals surface area contributed by atoms with E-state index in [0.717, 1.165) is 31.2 Å². The molecule has 0 unspecified atom stereocenters. The molecule has 1 aliphatic carbocycles. The van der Waals surface area contributed by atoms with Crippen LogP contribution in [-0.4, -0.2) is 55.5 Å². The molecule has 2 fully saturated rings. The number of nitrogens with zero attached hydrogens (tertiary/aromatic N) is 1. The number of hydrogen-bond donors (Lipinski definition) is 1. The molecule has 30 heavy (non-hydrogen) atoms. The Morgan fingerprint density at radius 2 is 2.07 bits per heavy atom. The Labute approximate surface area is 183 Å². The SMILES string of the molecule is C[C@@H](CS(=O)(=O)CCCCCN1CC(=S)NC1=O)c1ccc(F)c(OCC2CC2)c1. The van der Waals surface area contributed by atoms with Gasteiger partial charge in [-0.15, -0.1) is 0 Å². The fourth-order valence-corrected chi connectivity index (χ4v) is 5.46. The third kappa shape index (κ3) is 6.91. The smallest absolute Gasteiger partial charge is 0.322 e. The molecule has 2 aliphatic rings. The van der Waals surface area contributed by atoms with Crippen LogP contribution >= 0.6 is 12.2 Å². The van der Waals surface area contributed by atoms with E-state index in [1.54, 1.807) is 17.0 Å². The van der Waals surface area contributed by atoms with Crippen LogP contribution in [0.5, 0.6) is 5.75 Å². The third-order valence-corrected chi connectivity index (χ3v) is 7.60. The van der Waals surface area contributed by atoms with Crippen molar-refractivity contribution in [2.75, 3.05) is 31.2 Å². The van der Waals surface area contributed by atoms with Crippen LogP contribution < -0.4 is 10.1 Å². The Hall–Kier alpha value is -1.74. The number of thiocarbonyl (C=S) groups is 1. The van der Waals surface area contributed by atoms with Gasteiger partial charge in [0.2, 0.25) is 0 Å². The van der Waals surface area contributed by atoms with Crippen LogP contribution in [-0.2, 0) is 9.84 Å². The lowest BCUT2D eigenvalue weighted by Gasteiger charge is -2.15. The molecule has 1 aromatic rings. The van der Waals surface area contributed by atoms with Crippen LogP contribution in [0.4, 0.5) is 9.18 Å². The predicted molar refractivity (Wildman–Crippen MR) is 118 cm³/mol. The van der Waals surface area contributed by atoms with Crippen LogP contribution in [0, 0.1) is 11.7 Å². The summed E-state index contributed by atoms with van der Waals surface area (Å²) in [7, 11) is -3.23. The molecule has 166 valence electrons. The van der Waals surface area contributed by atoms with Gasteiger partial charge in [-0.1, -0.05) is 31.6 Å². The van der Waals surface area contributed by atoms with Crippen molar-refractivity contribution in [2.24, 2.45) is 5.92 Å². The number of carbonyl (C=O) groups excluding carboxylic acids is 1. The maximum absolute atomic E-state index is 14.0.